The summed E-state index contributed by atoms with van der Waals surface area (Å²) in [4.78, 5) is 27.1. The van der Waals surface area contributed by atoms with Crippen LogP contribution in [0.5, 0.6) is 0 Å². The van der Waals surface area contributed by atoms with Crippen molar-refractivity contribution in [3.63, 3.8) is 0 Å². The summed E-state index contributed by atoms with van der Waals surface area (Å²) < 4.78 is 0. The predicted molar refractivity (Wildman–Crippen MR) is 81.3 cm³/mol. The van der Waals surface area contributed by atoms with Crippen molar-refractivity contribution < 1.29 is 0 Å². The van der Waals surface area contributed by atoms with Gasteiger partial charge in [0.05, 0.1) is 28.4 Å². The molecule has 102 valence electrons. The summed E-state index contributed by atoms with van der Waals surface area (Å²) in [5, 5.41) is 0.603. The molecule has 0 unspecified atom stereocenters. The Morgan fingerprint density at radius 1 is 0.810 bits per heavy atom. The summed E-state index contributed by atoms with van der Waals surface area (Å²) in [6.45, 7) is 0. The summed E-state index contributed by atoms with van der Waals surface area (Å²) in [6.07, 6.45) is 0.467. The second-order valence-corrected chi connectivity index (χ2v) is 4.91. The van der Waals surface area contributed by atoms with Crippen LogP contribution in [0.3, 0.4) is 0 Å². The average Bonchev–Trinajstić information content (AvgIpc) is 2.89. The van der Waals surface area contributed by atoms with Crippen LogP contribution < -0.4 is 5.56 Å². The van der Waals surface area contributed by atoms with Crippen molar-refractivity contribution >= 4 is 21.9 Å². The van der Waals surface area contributed by atoms with E-state index in [9.17, 15) is 4.79 Å². The van der Waals surface area contributed by atoms with Crippen molar-refractivity contribution in [3.05, 3.63) is 70.5 Å². The maximum atomic E-state index is 12.0. The Balaban J connectivity index is 1.78. The Bertz CT molecular complexity index is 967. The summed E-state index contributed by atoms with van der Waals surface area (Å²) in [5.74, 6) is 1.40. The third kappa shape index (κ3) is 2.08. The van der Waals surface area contributed by atoms with Crippen LogP contribution in [0.25, 0.3) is 21.9 Å². The van der Waals surface area contributed by atoms with Gasteiger partial charge in [0, 0.05) is 0 Å². The van der Waals surface area contributed by atoms with Crippen LogP contribution >= 0.6 is 0 Å². The molecular formula is C16H12N4O. The van der Waals surface area contributed by atoms with Gasteiger partial charge in [-0.15, -0.1) is 0 Å². The normalized spacial score (nSPS) is 11.2. The largest absolute Gasteiger partial charge is 0.342 e. The van der Waals surface area contributed by atoms with Crippen molar-refractivity contribution in [2.75, 3.05) is 0 Å². The van der Waals surface area contributed by atoms with Gasteiger partial charge in [0.2, 0.25) is 0 Å². The highest BCUT2D eigenvalue weighted by Gasteiger charge is 2.07. The molecule has 5 heteroatoms. The second kappa shape index (κ2) is 4.56. The molecule has 2 heterocycles. The lowest BCUT2D eigenvalue weighted by molar-refractivity contribution is 0.921. The first-order valence-electron chi connectivity index (χ1n) is 6.71. The molecule has 2 aromatic heterocycles. The number of imidazole rings is 1. The van der Waals surface area contributed by atoms with Gasteiger partial charge in [-0.2, -0.15) is 0 Å². The van der Waals surface area contributed by atoms with Gasteiger partial charge in [0.15, 0.2) is 0 Å². The van der Waals surface area contributed by atoms with Gasteiger partial charge in [-0.1, -0.05) is 24.3 Å². The lowest BCUT2D eigenvalue weighted by Gasteiger charge is -2.00. The zero-order chi connectivity index (χ0) is 14.2. The van der Waals surface area contributed by atoms with Crippen LogP contribution in [-0.2, 0) is 6.42 Å². The van der Waals surface area contributed by atoms with Crippen molar-refractivity contribution in [2.24, 2.45) is 0 Å². The maximum absolute atomic E-state index is 12.0. The Morgan fingerprint density at radius 3 is 2.33 bits per heavy atom. The monoisotopic (exact) mass is 276 g/mol. The number of benzene rings is 2. The fourth-order valence-electron chi connectivity index (χ4n) is 2.47. The van der Waals surface area contributed by atoms with E-state index in [1.54, 1.807) is 6.07 Å². The maximum Gasteiger partial charge on any atom is 0.258 e. The van der Waals surface area contributed by atoms with Gasteiger partial charge in [0.25, 0.3) is 5.56 Å². The highest BCUT2D eigenvalue weighted by atomic mass is 16.1. The molecule has 0 fully saturated rings. The highest BCUT2D eigenvalue weighted by molar-refractivity contribution is 5.77. The molecule has 0 bridgehead atoms. The predicted octanol–water partition coefficient (Wildman–Crippen LogP) is 2.39. The lowest BCUT2D eigenvalue weighted by atomic mass is 10.2. The minimum atomic E-state index is -0.119. The van der Waals surface area contributed by atoms with Gasteiger partial charge >= 0.3 is 0 Å². The number of rotatable bonds is 2. The van der Waals surface area contributed by atoms with E-state index in [0.717, 1.165) is 16.9 Å². The van der Waals surface area contributed by atoms with Gasteiger partial charge in [-0.05, 0) is 24.3 Å². The molecule has 0 atom stereocenters. The number of nitrogens with one attached hydrogen (secondary N) is 2. The number of para-hydroxylation sites is 3. The molecule has 0 aliphatic carbocycles. The van der Waals surface area contributed by atoms with Gasteiger partial charge < -0.3 is 9.97 Å². The van der Waals surface area contributed by atoms with E-state index in [1.165, 1.54) is 0 Å². The van der Waals surface area contributed by atoms with Crippen molar-refractivity contribution in [3.8, 4) is 0 Å². The Kier molecular flexibility index (Phi) is 2.57. The second-order valence-electron chi connectivity index (χ2n) is 4.91. The van der Waals surface area contributed by atoms with E-state index in [1.807, 2.05) is 42.5 Å². The highest BCUT2D eigenvalue weighted by Crippen LogP contribution is 2.12. The Hall–Kier alpha value is -2.95. The first-order valence-corrected chi connectivity index (χ1v) is 6.71. The summed E-state index contributed by atoms with van der Waals surface area (Å²) in [6, 6.07) is 15.1. The van der Waals surface area contributed by atoms with Crippen molar-refractivity contribution in [2.45, 2.75) is 6.42 Å². The van der Waals surface area contributed by atoms with Crippen LogP contribution in [0, 0.1) is 0 Å². The average molecular weight is 276 g/mol. The van der Waals surface area contributed by atoms with Crippen LogP contribution in [0.15, 0.2) is 53.3 Å². The van der Waals surface area contributed by atoms with Crippen molar-refractivity contribution in [1.29, 1.82) is 0 Å². The summed E-state index contributed by atoms with van der Waals surface area (Å²) in [5.41, 5.74) is 2.48. The molecule has 0 saturated heterocycles. The molecule has 21 heavy (non-hydrogen) atoms. The fourth-order valence-corrected chi connectivity index (χ4v) is 2.47. The van der Waals surface area contributed by atoms with E-state index in [-0.39, 0.29) is 5.56 Å². The fraction of sp³-hybridized carbons (Fsp3) is 0.0625. The minimum Gasteiger partial charge on any atom is -0.342 e. The van der Waals surface area contributed by atoms with Crippen LogP contribution in [-0.4, -0.2) is 19.9 Å². The van der Waals surface area contributed by atoms with E-state index < -0.39 is 0 Å². The first-order chi connectivity index (χ1) is 10.3. The van der Waals surface area contributed by atoms with E-state index >= 15 is 0 Å². The number of aromatic nitrogens is 4. The number of nitrogens with zero attached hydrogens (tertiary/aromatic N) is 2. The van der Waals surface area contributed by atoms with E-state index in [0.29, 0.717) is 23.1 Å². The third-order valence-electron chi connectivity index (χ3n) is 3.44. The molecule has 0 radical (unpaired) electrons. The molecule has 2 N–H and O–H groups in total. The quantitative estimate of drug-likeness (QED) is 0.590. The van der Waals surface area contributed by atoms with Gasteiger partial charge in [-0.3, -0.25) is 4.79 Å². The molecule has 0 saturated carbocycles. The SMILES string of the molecule is O=c1[nH]c(Cc2nc3ccccc3[nH]2)nc2ccccc12. The smallest absolute Gasteiger partial charge is 0.258 e. The topological polar surface area (TPSA) is 74.4 Å². The number of H-pyrrole nitrogens is 2. The van der Waals surface area contributed by atoms with Gasteiger partial charge in [0.1, 0.15) is 11.6 Å². The first kappa shape index (κ1) is 11.8. The lowest BCUT2D eigenvalue weighted by Crippen LogP contribution is -2.12. The molecular weight excluding hydrogens is 264 g/mol. The van der Waals surface area contributed by atoms with E-state index in [2.05, 4.69) is 19.9 Å². The Morgan fingerprint density at radius 2 is 1.48 bits per heavy atom. The molecule has 5 nitrogen and oxygen atoms in total. The minimum absolute atomic E-state index is 0.119. The van der Waals surface area contributed by atoms with Crippen LogP contribution in [0.1, 0.15) is 11.6 Å². The summed E-state index contributed by atoms with van der Waals surface area (Å²) >= 11 is 0. The summed E-state index contributed by atoms with van der Waals surface area (Å²) in [7, 11) is 0. The number of hydrogen-bond donors (Lipinski definition) is 2. The van der Waals surface area contributed by atoms with Crippen LogP contribution in [0.2, 0.25) is 0 Å². The van der Waals surface area contributed by atoms with Crippen molar-refractivity contribution in [1.82, 2.24) is 19.9 Å². The molecule has 0 aliphatic rings. The standard InChI is InChI=1S/C16H12N4O/c21-16-10-5-1-2-6-11(10)17-15(20-16)9-14-18-12-7-3-4-8-13(12)19-14/h1-8H,9H2,(H,18,19)(H,17,20,21). The number of hydrogen-bond acceptors (Lipinski definition) is 3. The van der Waals surface area contributed by atoms with Gasteiger partial charge in [-0.25, -0.2) is 9.97 Å². The molecule has 4 aromatic rings. The molecule has 4 rings (SSSR count). The number of aromatic amines is 2. The molecule has 0 spiro atoms. The zero-order valence-corrected chi connectivity index (χ0v) is 11.1. The molecule has 0 aliphatic heterocycles. The third-order valence-corrected chi connectivity index (χ3v) is 3.44. The number of fused-ring (bicyclic) bond motifs is 2. The Labute approximate surface area is 119 Å². The zero-order valence-electron chi connectivity index (χ0n) is 11.1. The van der Waals surface area contributed by atoms with Crippen LogP contribution in [0.4, 0.5) is 0 Å². The van der Waals surface area contributed by atoms with E-state index in [4.69, 9.17) is 0 Å². The molecule has 2 aromatic carbocycles. The molecule has 0 amide bonds.